The minimum atomic E-state index is -1.05. The molecule has 0 unspecified atom stereocenters. The third-order valence-corrected chi connectivity index (χ3v) is 7.76. The summed E-state index contributed by atoms with van der Waals surface area (Å²) in [6.45, 7) is 3.64. The zero-order valence-corrected chi connectivity index (χ0v) is 19.7. The summed E-state index contributed by atoms with van der Waals surface area (Å²) in [5.41, 5.74) is 1.39. The van der Waals surface area contributed by atoms with E-state index in [1.165, 1.54) is 16.7 Å². The lowest BCUT2D eigenvalue weighted by molar-refractivity contribution is -0.164. The highest BCUT2D eigenvalue weighted by atomic mass is 32.2. The molecule has 0 saturated carbocycles. The van der Waals surface area contributed by atoms with Crippen molar-refractivity contribution in [3.8, 4) is 0 Å². The van der Waals surface area contributed by atoms with E-state index < -0.39 is 34.8 Å². The first-order chi connectivity index (χ1) is 16.2. The van der Waals surface area contributed by atoms with Gasteiger partial charge < -0.3 is 20.1 Å². The average molecular weight is 483 g/mol. The molecule has 178 valence electrons. The van der Waals surface area contributed by atoms with Gasteiger partial charge in [0.2, 0.25) is 5.91 Å². The molecular formula is C25H26N2O6S. The summed E-state index contributed by atoms with van der Waals surface area (Å²) in [7, 11) is 0. The fourth-order valence-electron chi connectivity index (χ4n) is 4.49. The van der Waals surface area contributed by atoms with Crippen LogP contribution in [0.2, 0.25) is 0 Å². The van der Waals surface area contributed by atoms with Crippen molar-refractivity contribution in [1.82, 2.24) is 10.2 Å². The molecule has 34 heavy (non-hydrogen) atoms. The Bertz CT molecular complexity index is 1090. The molecule has 4 rings (SSSR count). The number of carbonyl (C=O) groups is 4. The smallest absolute Gasteiger partial charge is 0.408 e. The Morgan fingerprint density at radius 1 is 1.09 bits per heavy atom. The van der Waals surface area contributed by atoms with Gasteiger partial charge in [0.15, 0.2) is 5.78 Å². The fourth-order valence-corrected chi connectivity index (χ4v) is 6.17. The molecule has 0 aromatic heterocycles. The van der Waals surface area contributed by atoms with Crippen molar-refractivity contribution in [1.29, 1.82) is 0 Å². The first kappa shape index (κ1) is 23.8. The molecular weight excluding hydrogens is 456 g/mol. The van der Waals surface area contributed by atoms with Crippen LogP contribution in [0.3, 0.4) is 0 Å². The molecule has 2 heterocycles. The normalized spacial score (nSPS) is 23.4. The minimum absolute atomic E-state index is 0.0584. The number of fused-ring (bicyclic) bond motifs is 1. The van der Waals surface area contributed by atoms with Gasteiger partial charge in [-0.3, -0.25) is 9.59 Å². The summed E-state index contributed by atoms with van der Waals surface area (Å²) < 4.78 is 4.62. The van der Waals surface area contributed by atoms with Gasteiger partial charge in [0.05, 0.1) is 11.3 Å². The highest BCUT2D eigenvalue weighted by Crippen LogP contribution is 2.54. The molecule has 2 aromatic rings. The number of hydrogen-bond acceptors (Lipinski definition) is 6. The molecule has 2 amide bonds. The monoisotopic (exact) mass is 482 g/mol. The van der Waals surface area contributed by atoms with Gasteiger partial charge in [-0.1, -0.05) is 60.7 Å². The standard InChI is InChI=1S/C25H26N2O6S/c1-25(2)20(23(30)31)27-21(29)17(22(27)34-25)13-18(28)19(16-11-7-4-8-12-16)26-24(32)33-14-15-9-5-3-6-10-15/h3-12,17,19-20,22H,13-14H2,1-2H3,(H,26,32)(H,30,31)/t17-,19+,20+,22-/m1/s1. The lowest BCUT2D eigenvalue weighted by Crippen LogP contribution is -2.63. The molecule has 0 spiro atoms. The number of carboxylic acids is 1. The maximum atomic E-state index is 13.3. The molecule has 2 fully saturated rings. The Labute approximate surface area is 201 Å². The third kappa shape index (κ3) is 4.65. The van der Waals surface area contributed by atoms with Crippen LogP contribution in [-0.4, -0.2) is 49.9 Å². The molecule has 2 aliphatic rings. The molecule has 9 heteroatoms. The number of thioether (sulfide) groups is 1. The van der Waals surface area contributed by atoms with Gasteiger partial charge >= 0.3 is 12.1 Å². The number of benzene rings is 2. The first-order valence-corrected chi connectivity index (χ1v) is 11.8. The largest absolute Gasteiger partial charge is 0.480 e. The molecule has 2 saturated heterocycles. The fraction of sp³-hybridized carbons (Fsp3) is 0.360. The summed E-state index contributed by atoms with van der Waals surface area (Å²) in [6, 6.07) is 16.0. The summed E-state index contributed by atoms with van der Waals surface area (Å²) in [4.78, 5) is 51.7. The highest BCUT2D eigenvalue weighted by Gasteiger charge is 2.63. The molecule has 2 aromatic carbocycles. The Hall–Kier alpha value is -3.33. The quantitative estimate of drug-likeness (QED) is 0.555. The third-order valence-electron chi connectivity index (χ3n) is 6.14. The number of rotatable bonds is 8. The van der Waals surface area contributed by atoms with Gasteiger partial charge in [0.1, 0.15) is 18.7 Å². The number of ether oxygens (including phenoxy) is 1. The van der Waals surface area contributed by atoms with Crippen LogP contribution >= 0.6 is 11.8 Å². The van der Waals surface area contributed by atoms with E-state index in [0.29, 0.717) is 5.56 Å². The lowest BCUT2D eigenvalue weighted by Gasteiger charge is -2.43. The number of carbonyl (C=O) groups excluding carboxylic acids is 3. The Balaban J connectivity index is 1.45. The van der Waals surface area contributed by atoms with Gasteiger partial charge in [0, 0.05) is 11.2 Å². The second-order valence-corrected chi connectivity index (χ2v) is 10.7. The number of hydrogen-bond donors (Lipinski definition) is 2. The Morgan fingerprint density at radius 3 is 2.32 bits per heavy atom. The topological polar surface area (TPSA) is 113 Å². The van der Waals surface area contributed by atoms with Crippen molar-refractivity contribution in [3.05, 3.63) is 71.8 Å². The van der Waals surface area contributed by atoms with Gasteiger partial charge in [-0.15, -0.1) is 11.8 Å². The van der Waals surface area contributed by atoms with Crippen LogP contribution in [0.1, 0.15) is 37.4 Å². The number of Topliss-reactive ketones (excluding diaryl/α,β-unsaturated/α-hetero) is 1. The van der Waals surface area contributed by atoms with Crippen molar-refractivity contribution < 1.29 is 29.0 Å². The van der Waals surface area contributed by atoms with Gasteiger partial charge in [-0.25, -0.2) is 9.59 Å². The Kier molecular flexibility index (Phi) is 6.65. The van der Waals surface area contributed by atoms with Gasteiger partial charge in [0.25, 0.3) is 0 Å². The summed E-state index contributed by atoms with van der Waals surface area (Å²) in [5, 5.41) is 11.8. The van der Waals surface area contributed by atoms with Crippen LogP contribution in [0.5, 0.6) is 0 Å². The van der Waals surface area contributed by atoms with Crippen LogP contribution in [0.4, 0.5) is 4.79 Å². The van der Waals surface area contributed by atoms with E-state index in [4.69, 9.17) is 4.74 Å². The lowest BCUT2D eigenvalue weighted by atomic mass is 9.86. The second-order valence-electron chi connectivity index (χ2n) is 8.92. The average Bonchev–Trinajstić information content (AvgIpc) is 3.08. The van der Waals surface area contributed by atoms with Crippen LogP contribution in [0.15, 0.2) is 60.7 Å². The van der Waals surface area contributed by atoms with Crippen LogP contribution < -0.4 is 5.32 Å². The van der Waals surface area contributed by atoms with Crippen molar-refractivity contribution in [2.75, 3.05) is 0 Å². The van der Waals surface area contributed by atoms with Gasteiger partial charge in [-0.2, -0.15) is 0 Å². The first-order valence-electron chi connectivity index (χ1n) is 11.0. The van der Waals surface area contributed by atoms with Gasteiger partial charge in [-0.05, 0) is 25.0 Å². The maximum Gasteiger partial charge on any atom is 0.408 e. The van der Waals surface area contributed by atoms with E-state index in [1.54, 1.807) is 44.2 Å². The number of nitrogens with zero attached hydrogens (tertiary/aromatic N) is 1. The molecule has 8 nitrogen and oxygen atoms in total. The number of amides is 2. The highest BCUT2D eigenvalue weighted by molar-refractivity contribution is 8.01. The maximum absolute atomic E-state index is 13.3. The number of alkyl carbamates (subject to hydrolysis) is 1. The number of nitrogens with one attached hydrogen (secondary N) is 1. The molecule has 0 bridgehead atoms. The van der Waals surface area contributed by atoms with Crippen molar-refractivity contribution in [2.45, 2.75) is 49.1 Å². The number of aliphatic carboxylic acids is 1. The van der Waals surface area contributed by atoms with Crippen molar-refractivity contribution in [3.63, 3.8) is 0 Å². The van der Waals surface area contributed by atoms with E-state index in [9.17, 15) is 24.3 Å². The molecule has 0 radical (unpaired) electrons. The zero-order chi connectivity index (χ0) is 24.5. The van der Waals surface area contributed by atoms with E-state index in [2.05, 4.69) is 5.32 Å². The molecule has 4 atom stereocenters. The Morgan fingerprint density at radius 2 is 1.71 bits per heavy atom. The van der Waals surface area contributed by atoms with Crippen LogP contribution in [0.25, 0.3) is 0 Å². The van der Waals surface area contributed by atoms with Crippen LogP contribution in [0, 0.1) is 5.92 Å². The zero-order valence-electron chi connectivity index (χ0n) is 18.8. The summed E-state index contributed by atoms with van der Waals surface area (Å²) in [5.74, 6) is -2.36. The molecule has 0 aliphatic carbocycles. The van der Waals surface area contributed by atoms with Crippen LogP contribution in [-0.2, 0) is 25.7 Å². The van der Waals surface area contributed by atoms with E-state index in [1.807, 2.05) is 30.3 Å². The number of β-lactam (4-membered cyclic amide) rings is 1. The summed E-state index contributed by atoms with van der Waals surface area (Å²) >= 11 is 1.40. The minimum Gasteiger partial charge on any atom is -0.480 e. The van der Waals surface area contributed by atoms with E-state index >= 15 is 0 Å². The number of carboxylic acid groups (broad SMARTS) is 1. The SMILES string of the molecule is CC1(C)S[C@@H]2[C@H](CC(=O)[C@@H](NC(=O)OCc3ccccc3)c3ccccc3)C(=O)N2[C@H]1C(=O)O. The predicted molar refractivity (Wildman–Crippen MR) is 126 cm³/mol. The number of ketones is 1. The second kappa shape index (κ2) is 9.50. The van der Waals surface area contributed by atoms with E-state index in [0.717, 1.165) is 5.56 Å². The molecule has 2 aliphatic heterocycles. The van der Waals surface area contributed by atoms with Crippen molar-refractivity contribution in [2.24, 2.45) is 5.92 Å². The van der Waals surface area contributed by atoms with Crippen molar-refractivity contribution >= 4 is 35.5 Å². The summed E-state index contributed by atoms with van der Waals surface area (Å²) in [6.07, 6.45) is -0.844. The molecule has 2 N–H and O–H groups in total. The predicted octanol–water partition coefficient (Wildman–Crippen LogP) is 3.38. The van der Waals surface area contributed by atoms with E-state index in [-0.39, 0.29) is 30.1 Å².